The van der Waals surface area contributed by atoms with Crippen LogP contribution in [0.25, 0.3) is 11.1 Å². The van der Waals surface area contributed by atoms with Crippen LogP contribution in [0.3, 0.4) is 0 Å². The van der Waals surface area contributed by atoms with Crippen molar-refractivity contribution < 1.29 is 0 Å². The summed E-state index contributed by atoms with van der Waals surface area (Å²) in [7, 11) is 0. The highest BCUT2D eigenvalue weighted by atomic mass is 14.4. The molecule has 0 aliphatic heterocycles. The lowest BCUT2D eigenvalue weighted by Crippen LogP contribution is -2.22. The molecule has 17 heavy (non-hydrogen) atoms. The maximum Gasteiger partial charge on any atom is 0.0210 e. The second-order valence-corrected chi connectivity index (χ2v) is 4.73. The van der Waals surface area contributed by atoms with Crippen LogP contribution >= 0.6 is 0 Å². The highest BCUT2D eigenvalue weighted by molar-refractivity contribution is 5.80. The summed E-state index contributed by atoms with van der Waals surface area (Å²) in [5.74, 6) is 0. The van der Waals surface area contributed by atoms with E-state index in [1.807, 2.05) is 12.1 Å². The van der Waals surface area contributed by atoms with E-state index >= 15 is 0 Å². The highest BCUT2D eigenvalue weighted by Crippen LogP contribution is 2.52. The van der Waals surface area contributed by atoms with Gasteiger partial charge in [0, 0.05) is 5.41 Å². The fourth-order valence-corrected chi connectivity index (χ4v) is 3.30. The van der Waals surface area contributed by atoms with E-state index in [2.05, 4.69) is 50.2 Å². The van der Waals surface area contributed by atoms with Crippen LogP contribution < -0.4 is 0 Å². The molecule has 0 atom stereocenters. The molecule has 0 bridgehead atoms. The Morgan fingerprint density at radius 3 is 1.76 bits per heavy atom. The fraction of sp³-hybridized carbons (Fsp3) is 0.294. The highest BCUT2D eigenvalue weighted by Gasteiger charge is 2.39. The van der Waals surface area contributed by atoms with E-state index in [-0.39, 0.29) is 5.41 Å². The summed E-state index contributed by atoms with van der Waals surface area (Å²) < 4.78 is 0. The van der Waals surface area contributed by atoms with E-state index < -0.39 is 0 Å². The van der Waals surface area contributed by atoms with E-state index in [4.69, 9.17) is 0 Å². The van der Waals surface area contributed by atoms with Gasteiger partial charge in [0.2, 0.25) is 0 Å². The number of fused-ring (bicyclic) bond motifs is 3. The minimum atomic E-state index is 0.203. The minimum absolute atomic E-state index is 0.203. The van der Waals surface area contributed by atoms with Crippen molar-refractivity contribution in [3.05, 3.63) is 59.7 Å². The predicted octanol–water partition coefficient (Wildman–Crippen LogP) is 4.37. The lowest BCUT2D eigenvalue weighted by atomic mass is 9.74. The molecule has 0 N–H and O–H groups in total. The topological polar surface area (TPSA) is 0 Å². The quantitative estimate of drug-likeness (QED) is 0.704. The third-order valence-corrected chi connectivity index (χ3v) is 4.26. The van der Waals surface area contributed by atoms with Crippen LogP contribution in [0.5, 0.6) is 0 Å². The van der Waals surface area contributed by atoms with Gasteiger partial charge < -0.3 is 0 Å². The molecule has 84 valence electrons. The maximum atomic E-state index is 3.21. The molecule has 0 spiro atoms. The van der Waals surface area contributed by atoms with Crippen LogP contribution in [0, 0.1) is 12.1 Å². The first-order chi connectivity index (χ1) is 8.33. The van der Waals surface area contributed by atoms with Gasteiger partial charge in [-0.1, -0.05) is 38.1 Å². The van der Waals surface area contributed by atoms with Crippen LogP contribution in [-0.2, 0) is 5.41 Å². The molecule has 0 saturated heterocycles. The van der Waals surface area contributed by atoms with Gasteiger partial charge in [-0.2, -0.15) is 0 Å². The predicted molar refractivity (Wildman–Crippen MR) is 70.9 cm³/mol. The van der Waals surface area contributed by atoms with Gasteiger partial charge in [-0.05, 0) is 59.4 Å². The summed E-state index contributed by atoms with van der Waals surface area (Å²) in [5.41, 5.74) is 5.84. The standard InChI is InChI=1S/C17H16/c1-3-17(4-2)15-11-7-5-9-13(15)14-10-6-8-12-16(14)17/h7-12H,3-4H2,1-2H3. The molecule has 0 aromatic heterocycles. The molecule has 0 amide bonds. The molecule has 0 heterocycles. The van der Waals surface area contributed by atoms with Gasteiger partial charge >= 0.3 is 0 Å². The van der Waals surface area contributed by atoms with E-state index in [1.165, 1.54) is 22.3 Å². The molecule has 1 aliphatic rings. The number of hydrogen-bond acceptors (Lipinski definition) is 0. The number of rotatable bonds is 2. The molecular weight excluding hydrogens is 204 g/mol. The third kappa shape index (κ3) is 1.24. The molecule has 0 saturated carbocycles. The number of hydrogen-bond donors (Lipinski definition) is 0. The van der Waals surface area contributed by atoms with Crippen molar-refractivity contribution in [1.29, 1.82) is 0 Å². The van der Waals surface area contributed by atoms with Crippen molar-refractivity contribution >= 4 is 0 Å². The smallest absolute Gasteiger partial charge is 0.0210 e. The Kier molecular flexibility index (Phi) is 2.32. The van der Waals surface area contributed by atoms with Crippen LogP contribution in [0.4, 0.5) is 0 Å². The first-order valence-corrected chi connectivity index (χ1v) is 6.35. The first kappa shape index (κ1) is 10.6. The first-order valence-electron chi connectivity index (χ1n) is 6.35. The molecule has 2 aromatic rings. The van der Waals surface area contributed by atoms with E-state index in [0.29, 0.717) is 0 Å². The van der Waals surface area contributed by atoms with E-state index in [0.717, 1.165) is 12.8 Å². The Bertz CT molecular complexity index is 500. The van der Waals surface area contributed by atoms with Crippen LogP contribution in [-0.4, -0.2) is 0 Å². The lowest BCUT2D eigenvalue weighted by molar-refractivity contribution is 0.490. The molecule has 3 rings (SSSR count). The van der Waals surface area contributed by atoms with Gasteiger partial charge in [0.15, 0.2) is 0 Å². The van der Waals surface area contributed by atoms with Gasteiger partial charge in [0.1, 0.15) is 0 Å². The zero-order valence-electron chi connectivity index (χ0n) is 10.4. The summed E-state index contributed by atoms with van der Waals surface area (Å²) in [6, 6.07) is 19.2. The Balaban J connectivity index is 2.38. The van der Waals surface area contributed by atoms with Gasteiger partial charge in [-0.25, -0.2) is 0 Å². The van der Waals surface area contributed by atoms with Crippen LogP contribution in [0.2, 0.25) is 0 Å². The molecule has 2 aromatic carbocycles. The minimum Gasteiger partial charge on any atom is -0.0642 e. The van der Waals surface area contributed by atoms with Crippen molar-refractivity contribution in [1.82, 2.24) is 0 Å². The van der Waals surface area contributed by atoms with Crippen molar-refractivity contribution in [3.63, 3.8) is 0 Å². The van der Waals surface area contributed by atoms with E-state index in [1.54, 1.807) is 0 Å². The average molecular weight is 220 g/mol. The summed E-state index contributed by atoms with van der Waals surface area (Å²) in [6.07, 6.45) is 2.30. The second kappa shape index (κ2) is 3.73. The lowest BCUT2D eigenvalue weighted by Gasteiger charge is -2.29. The van der Waals surface area contributed by atoms with Gasteiger partial charge in [0.25, 0.3) is 0 Å². The van der Waals surface area contributed by atoms with Crippen molar-refractivity contribution in [2.24, 2.45) is 0 Å². The zero-order chi connectivity index (χ0) is 11.9. The molecular formula is C17H16. The largest absolute Gasteiger partial charge is 0.0642 e. The normalized spacial score (nSPS) is 15.4. The Hall–Kier alpha value is -1.56. The third-order valence-electron chi connectivity index (χ3n) is 4.26. The Labute approximate surface area is 103 Å². The fourth-order valence-electron chi connectivity index (χ4n) is 3.30. The molecule has 1 aliphatic carbocycles. The second-order valence-electron chi connectivity index (χ2n) is 4.73. The maximum absolute atomic E-state index is 3.21. The Morgan fingerprint density at radius 2 is 1.35 bits per heavy atom. The van der Waals surface area contributed by atoms with Crippen molar-refractivity contribution in [2.45, 2.75) is 32.1 Å². The molecule has 0 fully saturated rings. The summed E-state index contributed by atoms with van der Waals surface area (Å²) >= 11 is 0. The monoisotopic (exact) mass is 220 g/mol. The summed E-state index contributed by atoms with van der Waals surface area (Å²) in [4.78, 5) is 0. The number of benzene rings is 2. The van der Waals surface area contributed by atoms with Crippen LogP contribution in [0.1, 0.15) is 37.8 Å². The average Bonchev–Trinajstić information content (AvgIpc) is 2.70. The SMILES string of the molecule is CCC1(CC)c2cc[c]cc2-c2c[c]ccc21. The van der Waals surface area contributed by atoms with Crippen molar-refractivity contribution in [2.75, 3.05) is 0 Å². The zero-order valence-corrected chi connectivity index (χ0v) is 10.4. The Morgan fingerprint density at radius 1 is 0.882 bits per heavy atom. The summed E-state index contributed by atoms with van der Waals surface area (Å²) in [6.45, 7) is 4.58. The van der Waals surface area contributed by atoms with Gasteiger partial charge in [0.05, 0.1) is 0 Å². The van der Waals surface area contributed by atoms with Gasteiger partial charge in [-0.15, -0.1) is 0 Å². The molecule has 0 heteroatoms. The van der Waals surface area contributed by atoms with E-state index in [9.17, 15) is 0 Å². The molecule has 2 radical (unpaired) electrons. The van der Waals surface area contributed by atoms with Gasteiger partial charge in [-0.3, -0.25) is 0 Å². The molecule has 0 unspecified atom stereocenters. The van der Waals surface area contributed by atoms with Crippen molar-refractivity contribution in [3.8, 4) is 11.1 Å². The molecule has 0 nitrogen and oxygen atoms in total. The van der Waals surface area contributed by atoms with Crippen LogP contribution in [0.15, 0.2) is 36.4 Å². The summed E-state index contributed by atoms with van der Waals surface area (Å²) in [5, 5.41) is 0.